The molecule has 1 N–H and O–H groups in total. The smallest absolute Gasteiger partial charge is 0.262 e. The molecule has 1 atom stereocenters. The van der Waals surface area contributed by atoms with Gasteiger partial charge >= 0.3 is 0 Å². The first-order valence-corrected chi connectivity index (χ1v) is 12.1. The second-order valence-electron chi connectivity index (χ2n) is 8.43. The molecule has 5 nitrogen and oxygen atoms in total. The molecule has 1 amide bonds. The van der Waals surface area contributed by atoms with Crippen LogP contribution in [0.3, 0.4) is 0 Å². The molecular weight excluding hydrogens is 504 g/mol. The summed E-state index contributed by atoms with van der Waals surface area (Å²) in [5, 5.41) is 3.57. The van der Waals surface area contributed by atoms with Crippen molar-refractivity contribution >= 4 is 33.2 Å². The van der Waals surface area contributed by atoms with Crippen molar-refractivity contribution in [2.45, 2.75) is 19.7 Å². The Morgan fingerprint density at radius 3 is 2.57 bits per heavy atom. The van der Waals surface area contributed by atoms with Crippen LogP contribution in [0.15, 0.2) is 95.5 Å². The van der Waals surface area contributed by atoms with Crippen LogP contribution in [0.2, 0.25) is 0 Å². The number of hydrogen-bond donors (Lipinski definition) is 1. The van der Waals surface area contributed by atoms with E-state index in [4.69, 9.17) is 9.47 Å². The van der Waals surface area contributed by atoms with E-state index in [0.717, 1.165) is 32.5 Å². The Labute approximate surface area is 213 Å². The maximum absolute atomic E-state index is 13.8. The van der Waals surface area contributed by atoms with Gasteiger partial charge < -0.3 is 14.8 Å². The molecule has 0 aliphatic carbocycles. The van der Waals surface area contributed by atoms with E-state index in [2.05, 4.69) is 21.2 Å². The Morgan fingerprint density at radius 1 is 0.943 bits per heavy atom. The Hall–Kier alpha value is -3.77. The number of ether oxygens (including phenoxy) is 2. The van der Waals surface area contributed by atoms with E-state index in [1.165, 1.54) is 0 Å². The lowest BCUT2D eigenvalue weighted by Crippen LogP contribution is -2.43. The molecule has 1 aliphatic rings. The number of benzene rings is 4. The van der Waals surface area contributed by atoms with Crippen molar-refractivity contribution in [1.82, 2.24) is 0 Å². The lowest BCUT2D eigenvalue weighted by atomic mass is 10.0. The number of fused-ring (bicyclic) bond motifs is 1. The number of nitrogens with zero attached hydrogens (tertiary/aromatic N) is 1. The molecule has 0 spiro atoms. The van der Waals surface area contributed by atoms with Gasteiger partial charge in [0.05, 0.1) is 12.7 Å². The maximum Gasteiger partial charge on any atom is 0.262 e. The summed E-state index contributed by atoms with van der Waals surface area (Å²) in [6.07, 6.45) is -0.494. The molecule has 6 heteroatoms. The van der Waals surface area contributed by atoms with E-state index in [1.54, 1.807) is 12.0 Å². The predicted molar refractivity (Wildman–Crippen MR) is 142 cm³/mol. The number of carbonyl (C=O) groups excluding carboxylic acids is 1. The molecule has 176 valence electrons. The lowest BCUT2D eigenvalue weighted by molar-refractivity contribution is 0.0974. The number of carbonyl (C=O) groups is 1. The van der Waals surface area contributed by atoms with Crippen molar-refractivity contribution in [2.24, 2.45) is 0 Å². The fourth-order valence-electron chi connectivity index (χ4n) is 4.30. The van der Waals surface area contributed by atoms with E-state index < -0.39 is 6.17 Å². The molecule has 4 aromatic rings. The minimum atomic E-state index is -0.494. The third kappa shape index (κ3) is 4.75. The van der Waals surface area contributed by atoms with Crippen LogP contribution in [0.1, 0.15) is 33.2 Å². The maximum atomic E-state index is 13.8. The summed E-state index contributed by atoms with van der Waals surface area (Å²) >= 11 is 3.52. The van der Waals surface area contributed by atoms with Crippen LogP contribution in [-0.4, -0.2) is 13.0 Å². The van der Waals surface area contributed by atoms with E-state index in [9.17, 15) is 4.79 Å². The number of nitrogens with one attached hydrogen (secondary N) is 1. The van der Waals surface area contributed by atoms with Crippen molar-refractivity contribution < 1.29 is 14.3 Å². The number of para-hydroxylation sites is 1. The number of aryl methyl sites for hydroxylation is 1. The molecule has 0 radical (unpaired) electrons. The Kier molecular flexibility index (Phi) is 6.47. The van der Waals surface area contributed by atoms with Crippen LogP contribution in [0, 0.1) is 6.92 Å². The molecule has 0 fully saturated rings. The topological polar surface area (TPSA) is 50.8 Å². The molecule has 0 aromatic heterocycles. The Morgan fingerprint density at radius 2 is 1.77 bits per heavy atom. The lowest BCUT2D eigenvalue weighted by Gasteiger charge is -2.39. The van der Waals surface area contributed by atoms with Crippen molar-refractivity contribution in [3.63, 3.8) is 0 Å². The zero-order valence-electron chi connectivity index (χ0n) is 19.5. The highest BCUT2D eigenvalue weighted by Gasteiger charge is 2.35. The highest BCUT2D eigenvalue weighted by molar-refractivity contribution is 9.10. The summed E-state index contributed by atoms with van der Waals surface area (Å²) in [7, 11) is 1.63. The van der Waals surface area contributed by atoms with Crippen molar-refractivity contribution in [3.8, 4) is 11.5 Å². The van der Waals surface area contributed by atoms with E-state index in [-0.39, 0.29) is 5.91 Å². The van der Waals surface area contributed by atoms with Crippen LogP contribution in [0.25, 0.3) is 0 Å². The number of amides is 1. The van der Waals surface area contributed by atoms with E-state index in [1.807, 2.05) is 97.9 Å². The largest absolute Gasteiger partial charge is 0.497 e. The van der Waals surface area contributed by atoms with Crippen LogP contribution in [0.5, 0.6) is 11.5 Å². The highest BCUT2D eigenvalue weighted by atomic mass is 79.9. The molecule has 0 unspecified atom stereocenters. The Balaban J connectivity index is 1.60. The van der Waals surface area contributed by atoms with Gasteiger partial charge in [0.15, 0.2) is 0 Å². The first kappa shape index (κ1) is 23.0. The second-order valence-corrected chi connectivity index (χ2v) is 9.34. The fourth-order valence-corrected chi connectivity index (χ4v) is 4.75. The average Bonchev–Trinajstić information content (AvgIpc) is 2.87. The molecule has 1 aliphatic heterocycles. The van der Waals surface area contributed by atoms with Crippen molar-refractivity contribution in [3.05, 3.63) is 118 Å². The predicted octanol–water partition coefficient (Wildman–Crippen LogP) is 7.12. The molecule has 0 saturated heterocycles. The second kappa shape index (κ2) is 9.84. The summed E-state index contributed by atoms with van der Waals surface area (Å²) in [6, 6.07) is 29.2. The van der Waals surface area contributed by atoms with Crippen LogP contribution >= 0.6 is 15.9 Å². The summed E-state index contributed by atoms with van der Waals surface area (Å²) in [6.45, 7) is 2.41. The third-order valence-electron chi connectivity index (χ3n) is 6.00. The first-order valence-electron chi connectivity index (χ1n) is 11.3. The minimum absolute atomic E-state index is 0.0734. The van der Waals surface area contributed by atoms with Gasteiger partial charge in [0.2, 0.25) is 0 Å². The van der Waals surface area contributed by atoms with Crippen LogP contribution < -0.4 is 19.7 Å². The normalized spacial score (nSPS) is 14.8. The first-order chi connectivity index (χ1) is 17.0. The minimum Gasteiger partial charge on any atom is -0.497 e. The van der Waals surface area contributed by atoms with E-state index in [0.29, 0.717) is 23.7 Å². The zero-order valence-corrected chi connectivity index (χ0v) is 21.1. The van der Waals surface area contributed by atoms with Crippen LogP contribution in [0.4, 0.5) is 11.4 Å². The number of anilines is 2. The SMILES string of the molecule is COc1ccc(OCc2cccc(Br)c2)c([C@H]2Nc3ccccc3C(=O)N2c2cccc(C)c2)c1. The van der Waals surface area contributed by atoms with Gasteiger partial charge in [0.25, 0.3) is 5.91 Å². The Bertz CT molecular complexity index is 1390. The van der Waals surface area contributed by atoms with Gasteiger partial charge in [-0.1, -0.05) is 52.3 Å². The highest BCUT2D eigenvalue weighted by Crippen LogP contribution is 2.41. The number of hydrogen-bond acceptors (Lipinski definition) is 4. The van der Waals surface area contributed by atoms with Gasteiger partial charge in [0.1, 0.15) is 24.3 Å². The van der Waals surface area contributed by atoms with Crippen molar-refractivity contribution in [1.29, 1.82) is 0 Å². The van der Waals surface area contributed by atoms with Gasteiger partial charge in [-0.15, -0.1) is 0 Å². The van der Waals surface area contributed by atoms with Crippen LogP contribution in [-0.2, 0) is 6.61 Å². The molecular formula is C29H25BrN2O3. The molecule has 1 heterocycles. The standard InChI is InChI=1S/C29H25BrN2O3/c1-19-7-5-10-22(15-19)32-28(31-26-12-4-3-11-24(26)29(32)33)25-17-23(34-2)13-14-27(25)35-18-20-8-6-9-21(30)16-20/h3-17,28,31H,18H2,1-2H3/t28-/m0/s1. The van der Waals surface area contributed by atoms with Crippen molar-refractivity contribution in [2.75, 3.05) is 17.3 Å². The summed E-state index contributed by atoms with van der Waals surface area (Å²) in [5.41, 5.74) is 5.14. The van der Waals surface area contributed by atoms with E-state index >= 15 is 0 Å². The average molecular weight is 529 g/mol. The zero-order chi connectivity index (χ0) is 24.4. The van der Waals surface area contributed by atoms with Gasteiger partial charge in [-0.2, -0.15) is 0 Å². The monoisotopic (exact) mass is 528 g/mol. The summed E-state index contributed by atoms with van der Waals surface area (Å²) < 4.78 is 12.8. The quantitative estimate of drug-likeness (QED) is 0.289. The number of halogens is 1. The summed E-state index contributed by atoms with van der Waals surface area (Å²) in [4.78, 5) is 15.6. The number of rotatable bonds is 6. The van der Waals surface area contributed by atoms with Gasteiger partial charge in [-0.25, -0.2) is 0 Å². The molecule has 5 rings (SSSR count). The molecule has 35 heavy (non-hydrogen) atoms. The summed E-state index contributed by atoms with van der Waals surface area (Å²) in [5.74, 6) is 1.29. The van der Waals surface area contributed by atoms with Gasteiger partial charge in [0, 0.05) is 21.4 Å². The third-order valence-corrected chi connectivity index (χ3v) is 6.49. The van der Waals surface area contributed by atoms with Gasteiger partial charge in [-0.05, 0) is 72.6 Å². The molecule has 4 aromatic carbocycles. The number of methoxy groups -OCH3 is 1. The van der Waals surface area contributed by atoms with Gasteiger partial charge in [-0.3, -0.25) is 9.69 Å². The fraction of sp³-hybridized carbons (Fsp3) is 0.138. The molecule has 0 bridgehead atoms. The molecule has 0 saturated carbocycles.